The van der Waals surface area contributed by atoms with E-state index in [0.29, 0.717) is 11.4 Å². The van der Waals surface area contributed by atoms with Crippen LogP contribution in [-0.2, 0) is 23.8 Å². The summed E-state index contributed by atoms with van der Waals surface area (Å²) in [4.78, 5) is 55.4. The number of amides is 2. The number of aromatic carboxylic acids is 1. The SMILES string of the molecule is CC(C)(C)OC(=O)CC[C@H](NC(=O)OCC1c2ccccc2-c2ccccc21)C(=O)N(CCSC(c1ccccc1)(c1ccccc1)c1ccccc1)c1ccc(C(=O)O)cc1. The zero-order valence-electron chi connectivity index (χ0n) is 35.0. The normalized spacial score (nSPS) is 12.7. The van der Waals surface area contributed by atoms with E-state index in [1.54, 1.807) is 49.6 Å². The number of carboxylic acids is 1. The predicted molar refractivity (Wildman–Crippen MR) is 244 cm³/mol. The van der Waals surface area contributed by atoms with E-state index in [4.69, 9.17) is 9.47 Å². The minimum absolute atomic E-state index is 0.0321. The number of nitrogens with one attached hydrogen (secondary N) is 1. The number of carboxylic acid groups (broad SMARTS) is 1. The van der Waals surface area contributed by atoms with E-state index in [1.807, 2.05) is 91.0 Å². The van der Waals surface area contributed by atoms with Crippen molar-refractivity contribution in [2.45, 2.75) is 55.9 Å². The van der Waals surface area contributed by atoms with Crippen LogP contribution in [0.25, 0.3) is 11.1 Å². The molecule has 0 saturated carbocycles. The van der Waals surface area contributed by atoms with Crippen molar-refractivity contribution < 1.29 is 33.8 Å². The number of anilines is 1. The van der Waals surface area contributed by atoms with Gasteiger partial charge < -0.3 is 24.8 Å². The maximum atomic E-state index is 15.0. The van der Waals surface area contributed by atoms with Gasteiger partial charge in [0.05, 0.1) is 10.3 Å². The molecule has 0 unspecified atom stereocenters. The molecule has 2 amide bonds. The van der Waals surface area contributed by atoms with Crippen molar-refractivity contribution in [3.63, 3.8) is 0 Å². The molecule has 0 saturated heterocycles. The van der Waals surface area contributed by atoms with Crippen molar-refractivity contribution in [1.82, 2.24) is 5.32 Å². The molecule has 9 nitrogen and oxygen atoms in total. The third-order valence-corrected chi connectivity index (χ3v) is 12.4. The second kappa shape index (κ2) is 19.4. The Morgan fingerprint density at radius 1 is 0.677 bits per heavy atom. The first-order chi connectivity index (χ1) is 29.9. The molecule has 1 aliphatic carbocycles. The zero-order chi connectivity index (χ0) is 43.7. The third kappa shape index (κ3) is 9.93. The summed E-state index contributed by atoms with van der Waals surface area (Å²) < 4.78 is 10.8. The number of carbonyl (C=O) groups excluding carboxylic acids is 3. The summed E-state index contributed by atoms with van der Waals surface area (Å²) in [5.74, 6) is -1.90. The van der Waals surface area contributed by atoms with Crippen LogP contribution in [0.1, 0.15) is 77.7 Å². The van der Waals surface area contributed by atoms with Gasteiger partial charge in [-0.3, -0.25) is 9.59 Å². The number of alkyl carbamates (subject to hydrolysis) is 1. The van der Waals surface area contributed by atoms with Crippen molar-refractivity contribution in [3.05, 3.63) is 197 Å². The van der Waals surface area contributed by atoms with Crippen LogP contribution >= 0.6 is 11.8 Å². The number of carbonyl (C=O) groups is 4. The van der Waals surface area contributed by atoms with Crippen molar-refractivity contribution in [3.8, 4) is 11.1 Å². The number of rotatable bonds is 16. The van der Waals surface area contributed by atoms with Crippen LogP contribution in [0.5, 0.6) is 0 Å². The number of hydrogen-bond donors (Lipinski definition) is 2. The Hall–Kier alpha value is -6.65. The Labute approximate surface area is 367 Å². The van der Waals surface area contributed by atoms with Crippen molar-refractivity contribution in [2.75, 3.05) is 23.8 Å². The number of thioether (sulfide) groups is 1. The zero-order valence-corrected chi connectivity index (χ0v) is 35.8. The van der Waals surface area contributed by atoms with Gasteiger partial charge in [-0.15, -0.1) is 11.8 Å². The molecule has 6 aromatic carbocycles. The molecule has 1 aliphatic rings. The molecule has 0 aromatic heterocycles. The Bertz CT molecular complexity index is 2350. The highest BCUT2D eigenvalue weighted by Gasteiger charge is 2.38. The monoisotopic (exact) mass is 846 g/mol. The van der Waals surface area contributed by atoms with Crippen molar-refractivity contribution in [2.24, 2.45) is 0 Å². The minimum atomic E-state index is -1.20. The van der Waals surface area contributed by atoms with Gasteiger partial charge in [-0.05, 0) is 90.4 Å². The fraction of sp³-hybridized carbons (Fsp3) is 0.231. The number of fused-ring (bicyclic) bond motifs is 3. The minimum Gasteiger partial charge on any atom is -0.478 e. The first-order valence-corrected chi connectivity index (χ1v) is 21.7. The highest BCUT2D eigenvalue weighted by atomic mass is 32.2. The Balaban J connectivity index is 1.19. The van der Waals surface area contributed by atoms with Gasteiger partial charge in [0.15, 0.2) is 0 Å². The lowest BCUT2D eigenvalue weighted by Crippen LogP contribution is -2.50. The summed E-state index contributed by atoms with van der Waals surface area (Å²) in [6, 6.07) is 51.6. The van der Waals surface area contributed by atoms with Gasteiger partial charge >= 0.3 is 18.0 Å². The quantitative estimate of drug-likeness (QED) is 0.0729. The van der Waals surface area contributed by atoms with E-state index in [0.717, 1.165) is 38.9 Å². The van der Waals surface area contributed by atoms with E-state index in [9.17, 15) is 19.5 Å². The van der Waals surface area contributed by atoms with Gasteiger partial charge in [0, 0.05) is 30.3 Å². The highest BCUT2D eigenvalue weighted by Crippen LogP contribution is 2.49. The summed E-state index contributed by atoms with van der Waals surface area (Å²) in [6.45, 7) is 5.50. The molecule has 7 rings (SSSR count). The number of hydrogen-bond acceptors (Lipinski definition) is 7. The van der Waals surface area contributed by atoms with Crippen LogP contribution in [0.4, 0.5) is 10.5 Å². The van der Waals surface area contributed by atoms with Gasteiger partial charge in [0.25, 0.3) is 0 Å². The number of nitrogens with zero attached hydrogens (tertiary/aromatic N) is 1. The molecule has 316 valence electrons. The summed E-state index contributed by atoms with van der Waals surface area (Å²) >= 11 is 1.66. The maximum Gasteiger partial charge on any atom is 0.407 e. The first kappa shape index (κ1) is 43.4. The molecule has 0 fully saturated rings. The lowest BCUT2D eigenvalue weighted by molar-refractivity contribution is -0.155. The molecule has 0 aliphatic heterocycles. The van der Waals surface area contributed by atoms with Crippen molar-refractivity contribution >= 4 is 41.4 Å². The van der Waals surface area contributed by atoms with Gasteiger partial charge in [-0.2, -0.15) is 0 Å². The fourth-order valence-corrected chi connectivity index (χ4v) is 9.58. The van der Waals surface area contributed by atoms with Crippen LogP contribution in [-0.4, -0.2) is 59.6 Å². The molecular formula is C52H50N2O7S. The Kier molecular flexibility index (Phi) is 13.6. The van der Waals surface area contributed by atoms with Gasteiger partial charge in [-0.25, -0.2) is 9.59 Å². The van der Waals surface area contributed by atoms with Crippen LogP contribution in [0, 0.1) is 0 Å². The Morgan fingerprint density at radius 2 is 1.16 bits per heavy atom. The lowest BCUT2D eigenvalue weighted by Gasteiger charge is -2.36. The molecule has 10 heteroatoms. The molecule has 2 N–H and O–H groups in total. The van der Waals surface area contributed by atoms with E-state index in [-0.39, 0.29) is 37.5 Å². The van der Waals surface area contributed by atoms with E-state index >= 15 is 4.79 Å². The van der Waals surface area contributed by atoms with E-state index < -0.39 is 40.3 Å². The molecule has 62 heavy (non-hydrogen) atoms. The van der Waals surface area contributed by atoms with Crippen LogP contribution in [0.15, 0.2) is 164 Å². The molecular weight excluding hydrogens is 797 g/mol. The molecule has 6 aromatic rings. The second-order valence-electron chi connectivity index (χ2n) is 16.1. The van der Waals surface area contributed by atoms with Crippen LogP contribution < -0.4 is 10.2 Å². The maximum absolute atomic E-state index is 15.0. The van der Waals surface area contributed by atoms with E-state index in [1.165, 1.54) is 12.1 Å². The molecule has 1 atom stereocenters. The number of esters is 1. The average molecular weight is 847 g/mol. The number of benzene rings is 6. The van der Waals surface area contributed by atoms with Crippen molar-refractivity contribution in [1.29, 1.82) is 0 Å². The summed E-state index contributed by atoms with van der Waals surface area (Å²) in [5.41, 5.74) is 7.16. The van der Waals surface area contributed by atoms with Crippen LogP contribution in [0.2, 0.25) is 0 Å². The highest BCUT2D eigenvalue weighted by molar-refractivity contribution is 8.00. The second-order valence-corrected chi connectivity index (χ2v) is 17.4. The Morgan fingerprint density at radius 3 is 1.65 bits per heavy atom. The molecule has 0 bridgehead atoms. The molecule has 0 spiro atoms. The van der Waals surface area contributed by atoms with E-state index in [2.05, 4.69) is 53.8 Å². The summed E-state index contributed by atoms with van der Waals surface area (Å²) in [6.07, 6.45) is -1.03. The predicted octanol–water partition coefficient (Wildman–Crippen LogP) is 10.5. The number of ether oxygens (including phenoxy) is 2. The largest absolute Gasteiger partial charge is 0.478 e. The summed E-state index contributed by atoms with van der Waals surface area (Å²) in [5, 5.41) is 12.5. The first-order valence-electron chi connectivity index (χ1n) is 20.7. The molecule has 0 radical (unpaired) electrons. The van der Waals surface area contributed by atoms with Crippen LogP contribution in [0.3, 0.4) is 0 Å². The fourth-order valence-electron chi connectivity index (χ4n) is 8.09. The smallest absolute Gasteiger partial charge is 0.407 e. The molecule has 0 heterocycles. The topological polar surface area (TPSA) is 122 Å². The van der Waals surface area contributed by atoms with Gasteiger partial charge in [-0.1, -0.05) is 140 Å². The standard InChI is InChI=1S/C52H50N2O7S/c1-51(2,3)61-47(55)32-31-46(53-50(59)60-35-45-43-25-15-13-23-41(43)42-24-14-16-26-44(42)45)48(56)54(40-29-27-36(28-30-40)49(57)58)33-34-62-52(37-17-7-4-8-18-37,38-19-9-5-10-20-38)39-21-11-6-12-22-39/h4-30,45-46H,31-35H2,1-3H3,(H,53,59)(H,57,58)/t46-/m0/s1. The third-order valence-electron chi connectivity index (χ3n) is 10.9. The average Bonchev–Trinajstić information content (AvgIpc) is 3.60. The lowest BCUT2D eigenvalue weighted by atomic mass is 9.84. The summed E-state index contributed by atoms with van der Waals surface area (Å²) in [7, 11) is 0. The van der Waals surface area contributed by atoms with Gasteiger partial charge in [0.1, 0.15) is 18.2 Å². The van der Waals surface area contributed by atoms with Gasteiger partial charge in [0.2, 0.25) is 5.91 Å².